The van der Waals surface area contributed by atoms with Gasteiger partial charge in [-0.1, -0.05) is 43.7 Å². The zero-order valence-electron chi connectivity index (χ0n) is 18.9. The summed E-state index contributed by atoms with van der Waals surface area (Å²) in [5.74, 6) is 1.98. The van der Waals surface area contributed by atoms with Crippen LogP contribution >= 0.6 is 11.6 Å². The van der Waals surface area contributed by atoms with Gasteiger partial charge in [0.25, 0.3) is 5.91 Å². The molecule has 0 unspecified atom stereocenters. The van der Waals surface area contributed by atoms with E-state index < -0.39 is 0 Å². The summed E-state index contributed by atoms with van der Waals surface area (Å²) >= 11 is 5.90. The van der Waals surface area contributed by atoms with Gasteiger partial charge in [0.1, 0.15) is 11.5 Å². The van der Waals surface area contributed by atoms with Crippen LogP contribution in [0.25, 0.3) is 0 Å². The quantitative estimate of drug-likeness (QED) is 0.468. The topological polar surface area (TPSA) is 67.9 Å². The van der Waals surface area contributed by atoms with Crippen LogP contribution in [0, 0.1) is 5.92 Å². The first-order chi connectivity index (χ1) is 16.1. The molecule has 4 rings (SSSR count). The SMILES string of the molecule is O=C(CCC1CCCCC1)Nc1ccc2c(c1)N(CCCOc1ccc(Cl)cc1)C(=O)CO2. The number of hydrogen-bond donors (Lipinski definition) is 1. The van der Waals surface area contributed by atoms with E-state index in [4.69, 9.17) is 21.1 Å². The van der Waals surface area contributed by atoms with E-state index in [9.17, 15) is 9.59 Å². The van der Waals surface area contributed by atoms with Gasteiger partial charge < -0.3 is 19.7 Å². The molecule has 1 aliphatic heterocycles. The van der Waals surface area contributed by atoms with Crippen LogP contribution in [-0.2, 0) is 9.59 Å². The summed E-state index contributed by atoms with van der Waals surface area (Å²) in [5, 5.41) is 3.65. The van der Waals surface area contributed by atoms with Crippen molar-refractivity contribution < 1.29 is 19.1 Å². The standard InChI is InChI=1S/C26H31ClN2O4/c27-20-8-11-22(12-9-20)32-16-4-15-29-23-17-21(10-13-24(23)33-18-26(29)31)28-25(30)14-7-19-5-2-1-3-6-19/h8-13,17,19H,1-7,14-16,18H2,(H,28,30). The van der Waals surface area contributed by atoms with Crippen molar-refractivity contribution in [1.29, 1.82) is 0 Å². The van der Waals surface area contributed by atoms with E-state index in [0.29, 0.717) is 54.1 Å². The Morgan fingerprint density at radius 2 is 1.91 bits per heavy atom. The fourth-order valence-corrected chi connectivity index (χ4v) is 4.63. The van der Waals surface area contributed by atoms with Gasteiger partial charge in [-0.05, 0) is 61.2 Å². The normalized spacial score (nSPS) is 16.2. The fourth-order valence-electron chi connectivity index (χ4n) is 4.50. The van der Waals surface area contributed by atoms with Gasteiger partial charge in [0, 0.05) is 23.7 Å². The maximum absolute atomic E-state index is 12.5. The molecule has 0 radical (unpaired) electrons. The molecule has 0 bridgehead atoms. The van der Waals surface area contributed by atoms with Crippen LogP contribution in [0.1, 0.15) is 51.4 Å². The summed E-state index contributed by atoms with van der Waals surface area (Å²) in [7, 11) is 0. The second-order valence-electron chi connectivity index (χ2n) is 8.76. The monoisotopic (exact) mass is 470 g/mol. The van der Waals surface area contributed by atoms with Crippen molar-refractivity contribution in [3.63, 3.8) is 0 Å². The molecule has 0 aromatic heterocycles. The number of carbonyl (C=O) groups excluding carboxylic acids is 2. The summed E-state index contributed by atoms with van der Waals surface area (Å²) < 4.78 is 11.3. The van der Waals surface area contributed by atoms with Crippen LogP contribution in [0.5, 0.6) is 11.5 Å². The molecule has 2 aromatic carbocycles. The molecule has 0 atom stereocenters. The number of ether oxygens (including phenoxy) is 2. The highest BCUT2D eigenvalue weighted by molar-refractivity contribution is 6.30. The Hall–Kier alpha value is -2.73. The maximum atomic E-state index is 12.5. The van der Waals surface area contributed by atoms with Gasteiger partial charge >= 0.3 is 0 Å². The highest BCUT2D eigenvalue weighted by Gasteiger charge is 2.26. The average Bonchev–Trinajstić information content (AvgIpc) is 2.83. The minimum atomic E-state index is -0.102. The van der Waals surface area contributed by atoms with Crippen LogP contribution in [0.15, 0.2) is 42.5 Å². The third-order valence-corrected chi connectivity index (χ3v) is 6.55. The molecule has 2 aromatic rings. The lowest BCUT2D eigenvalue weighted by atomic mass is 9.86. The number of nitrogens with one attached hydrogen (secondary N) is 1. The minimum Gasteiger partial charge on any atom is -0.494 e. The van der Waals surface area contributed by atoms with Crippen LogP contribution in [0.4, 0.5) is 11.4 Å². The van der Waals surface area contributed by atoms with Crippen LogP contribution in [0.3, 0.4) is 0 Å². The second kappa shape index (κ2) is 11.4. The number of halogens is 1. The summed E-state index contributed by atoms with van der Waals surface area (Å²) in [6, 6.07) is 12.7. The highest BCUT2D eigenvalue weighted by atomic mass is 35.5. The maximum Gasteiger partial charge on any atom is 0.265 e. The summed E-state index contributed by atoms with van der Waals surface area (Å²) in [6.45, 7) is 0.985. The minimum absolute atomic E-state index is 0.0120. The molecule has 1 saturated carbocycles. The highest BCUT2D eigenvalue weighted by Crippen LogP contribution is 2.35. The lowest BCUT2D eigenvalue weighted by molar-refractivity contribution is -0.121. The summed E-state index contributed by atoms with van der Waals surface area (Å²) in [5.41, 5.74) is 1.37. The Kier molecular flexibility index (Phi) is 8.10. The van der Waals surface area contributed by atoms with E-state index in [0.717, 1.165) is 12.2 Å². The van der Waals surface area contributed by atoms with Gasteiger partial charge in [-0.15, -0.1) is 0 Å². The Bertz CT molecular complexity index is 957. The molecule has 6 nitrogen and oxygen atoms in total. The number of carbonyl (C=O) groups is 2. The molecule has 33 heavy (non-hydrogen) atoms. The Morgan fingerprint density at radius 3 is 2.70 bits per heavy atom. The average molecular weight is 471 g/mol. The lowest BCUT2D eigenvalue weighted by Crippen LogP contribution is -2.39. The Morgan fingerprint density at radius 1 is 1.12 bits per heavy atom. The van der Waals surface area contributed by atoms with E-state index in [-0.39, 0.29) is 18.4 Å². The molecule has 2 amide bonds. The summed E-state index contributed by atoms with van der Waals surface area (Å²) in [6.07, 6.45) is 8.50. The molecule has 1 N–H and O–H groups in total. The largest absolute Gasteiger partial charge is 0.494 e. The van der Waals surface area contributed by atoms with E-state index in [1.807, 2.05) is 30.3 Å². The molecule has 1 heterocycles. The Labute approximate surface area is 200 Å². The van der Waals surface area contributed by atoms with Gasteiger partial charge in [0.15, 0.2) is 6.61 Å². The lowest BCUT2D eigenvalue weighted by Gasteiger charge is -2.30. The number of benzene rings is 2. The molecular weight excluding hydrogens is 440 g/mol. The van der Waals surface area contributed by atoms with E-state index in [1.54, 1.807) is 17.0 Å². The smallest absolute Gasteiger partial charge is 0.265 e. The number of amides is 2. The molecule has 2 aliphatic rings. The van der Waals surface area contributed by atoms with Gasteiger partial charge in [-0.3, -0.25) is 9.59 Å². The van der Waals surface area contributed by atoms with Gasteiger partial charge in [0.05, 0.1) is 12.3 Å². The second-order valence-corrected chi connectivity index (χ2v) is 9.20. The third kappa shape index (κ3) is 6.64. The number of rotatable bonds is 9. The van der Waals surface area contributed by atoms with E-state index >= 15 is 0 Å². The van der Waals surface area contributed by atoms with Crippen LogP contribution in [-0.4, -0.2) is 31.6 Å². The van der Waals surface area contributed by atoms with Crippen LogP contribution in [0.2, 0.25) is 5.02 Å². The van der Waals surface area contributed by atoms with Gasteiger partial charge in [-0.2, -0.15) is 0 Å². The molecule has 0 spiro atoms. The molecule has 1 aliphatic carbocycles. The third-order valence-electron chi connectivity index (χ3n) is 6.30. The number of fused-ring (bicyclic) bond motifs is 1. The first-order valence-electron chi connectivity index (χ1n) is 11.8. The van der Waals surface area contributed by atoms with Crippen molar-refractivity contribution in [3.8, 4) is 11.5 Å². The molecule has 0 saturated heterocycles. The van der Waals surface area contributed by atoms with Gasteiger partial charge in [0.2, 0.25) is 5.91 Å². The van der Waals surface area contributed by atoms with Crippen molar-refractivity contribution in [2.45, 2.75) is 51.4 Å². The first-order valence-corrected chi connectivity index (χ1v) is 12.2. The van der Waals surface area contributed by atoms with Crippen molar-refractivity contribution in [3.05, 3.63) is 47.5 Å². The fraction of sp³-hybridized carbons (Fsp3) is 0.462. The van der Waals surface area contributed by atoms with Crippen molar-refractivity contribution >= 4 is 34.8 Å². The molecule has 1 fully saturated rings. The van der Waals surface area contributed by atoms with Crippen molar-refractivity contribution in [2.75, 3.05) is 30.0 Å². The van der Waals surface area contributed by atoms with Crippen molar-refractivity contribution in [2.24, 2.45) is 5.92 Å². The summed E-state index contributed by atoms with van der Waals surface area (Å²) in [4.78, 5) is 26.7. The predicted octanol–water partition coefficient (Wildman–Crippen LogP) is 5.83. The van der Waals surface area contributed by atoms with Crippen LogP contribution < -0.4 is 19.7 Å². The van der Waals surface area contributed by atoms with E-state index in [1.165, 1.54) is 32.1 Å². The van der Waals surface area contributed by atoms with Crippen molar-refractivity contribution in [1.82, 2.24) is 0 Å². The molecule has 7 heteroatoms. The Balaban J connectivity index is 1.31. The predicted molar refractivity (Wildman–Crippen MR) is 130 cm³/mol. The van der Waals surface area contributed by atoms with Gasteiger partial charge in [-0.25, -0.2) is 0 Å². The number of hydrogen-bond acceptors (Lipinski definition) is 4. The molecule has 176 valence electrons. The molecular formula is C26H31ClN2O4. The first kappa shape index (κ1) is 23.4. The van der Waals surface area contributed by atoms with E-state index in [2.05, 4.69) is 5.32 Å². The zero-order valence-corrected chi connectivity index (χ0v) is 19.6. The number of anilines is 2. The zero-order chi connectivity index (χ0) is 23.0. The number of nitrogens with zero attached hydrogens (tertiary/aromatic N) is 1.